The second-order valence-corrected chi connectivity index (χ2v) is 9.11. The average molecular weight is 495 g/mol. The summed E-state index contributed by atoms with van der Waals surface area (Å²) in [4.78, 5) is 0. The van der Waals surface area contributed by atoms with Crippen LogP contribution in [0.5, 0.6) is 0 Å². The third-order valence-corrected chi connectivity index (χ3v) is 7.12. The fourth-order valence-electron chi connectivity index (χ4n) is 5.55. The summed E-state index contributed by atoms with van der Waals surface area (Å²) in [6, 6.07) is 32.4. The van der Waals surface area contributed by atoms with Crippen molar-refractivity contribution in [3.63, 3.8) is 0 Å². The molecule has 0 N–H and O–H groups in total. The van der Waals surface area contributed by atoms with Gasteiger partial charge in [-0.05, 0) is 48.5 Å². The van der Waals surface area contributed by atoms with E-state index in [2.05, 4.69) is 18.2 Å². The van der Waals surface area contributed by atoms with Gasteiger partial charge >= 0.3 is 0 Å². The Balaban J connectivity index is 1.73. The summed E-state index contributed by atoms with van der Waals surface area (Å²) in [5.74, 6) is -1.08. The first-order valence-corrected chi connectivity index (χ1v) is 12.0. The number of hydrogen-bond donors (Lipinski definition) is 0. The topological polar surface area (TPSA) is 57.4 Å². The van der Waals surface area contributed by atoms with Crippen molar-refractivity contribution in [1.29, 1.82) is 10.5 Å². The highest BCUT2D eigenvalue weighted by Crippen LogP contribution is 2.40. The minimum atomic E-state index is -0.545. The molecule has 38 heavy (non-hydrogen) atoms. The van der Waals surface area contributed by atoms with E-state index in [-0.39, 0.29) is 5.69 Å². The van der Waals surface area contributed by atoms with Crippen LogP contribution < -0.4 is 0 Å². The summed E-state index contributed by atoms with van der Waals surface area (Å²) in [6.45, 7) is 0. The van der Waals surface area contributed by atoms with Crippen molar-refractivity contribution in [3.8, 4) is 23.5 Å². The van der Waals surface area contributed by atoms with E-state index in [4.69, 9.17) is 0 Å². The van der Waals surface area contributed by atoms with Gasteiger partial charge in [-0.25, -0.2) is 8.78 Å². The Labute approximate surface area is 215 Å². The average Bonchev–Trinajstić information content (AvgIpc) is 3.44. The Morgan fingerprint density at radius 3 is 1.74 bits per heavy atom. The normalized spacial score (nSPS) is 11.4. The third-order valence-electron chi connectivity index (χ3n) is 7.12. The Morgan fingerprint density at radius 2 is 1.11 bits per heavy atom. The Kier molecular flexibility index (Phi) is 4.60. The van der Waals surface area contributed by atoms with E-state index in [9.17, 15) is 14.9 Å². The van der Waals surface area contributed by atoms with Gasteiger partial charge in [-0.1, -0.05) is 42.5 Å². The van der Waals surface area contributed by atoms with Crippen molar-refractivity contribution in [3.05, 3.63) is 120 Å². The fraction of sp³-hybridized carbons (Fsp3) is 0. The van der Waals surface area contributed by atoms with Crippen LogP contribution in [0.15, 0.2) is 97.1 Å². The van der Waals surface area contributed by atoms with Gasteiger partial charge in [0.1, 0.15) is 23.8 Å². The van der Waals surface area contributed by atoms with Gasteiger partial charge in [-0.3, -0.25) is 0 Å². The van der Waals surface area contributed by atoms with Crippen molar-refractivity contribution < 1.29 is 8.78 Å². The van der Waals surface area contributed by atoms with Crippen LogP contribution in [0.1, 0.15) is 11.1 Å². The van der Waals surface area contributed by atoms with Crippen LogP contribution in [0.3, 0.4) is 0 Å². The highest BCUT2D eigenvalue weighted by molar-refractivity contribution is 6.19. The largest absolute Gasteiger partial charge is 0.307 e. The lowest BCUT2D eigenvalue weighted by molar-refractivity contribution is 0.595. The maximum absolute atomic E-state index is 15.1. The number of rotatable bonds is 2. The molecule has 178 valence electrons. The summed E-state index contributed by atoms with van der Waals surface area (Å²) in [7, 11) is 0. The van der Waals surface area contributed by atoms with Gasteiger partial charge in [-0.2, -0.15) is 10.5 Å². The molecule has 0 saturated carbocycles. The fourth-order valence-corrected chi connectivity index (χ4v) is 5.55. The Bertz CT molecular complexity index is 2160. The van der Waals surface area contributed by atoms with Crippen LogP contribution >= 0.6 is 0 Å². The number of nitrogens with zero attached hydrogens (tertiary/aromatic N) is 4. The number of halogens is 2. The second-order valence-electron chi connectivity index (χ2n) is 9.11. The van der Waals surface area contributed by atoms with Crippen molar-refractivity contribution >= 4 is 43.6 Å². The molecule has 0 saturated heterocycles. The number of benzene rings is 5. The minimum Gasteiger partial charge on any atom is -0.307 e. The molecule has 7 aromatic rings. The van der Waals surface area contributed by atoms with Crippen molar-refractivity contribution in [2.45, 2.75) is 0 Å². The molecule has 4 nitrogen and oxygen atoms in total. The maximum atomic E-state index is 15.1. The van der Waals surface area contributed by atoms with Crippen LogP contribution in [0.4, 0.5) is 8.78 Å². The van der Waals surface area contributed by atoms with Gasteiger partial charge in [0.15, 0.2) is 0 Å². The van der Waals surface area contributed by atoms with E-state index >= 15 is 4.39 Å². The molecule has 0 aliphatic heterocycles. The molecule has 2 aromatic heterocycles. The van der Waals surface area contributed by atoms with Crippen molar-refractivity contribution in [1.82, 2.24) is 9.13 Å². The maximum Gasteiger partial charge on any atom is 0.147 e. The number of hydrogen-bond acceptors (Lipinski definition) is 2. The summed E-state index contributed by atoms with van der Waals surface area (Å²) < 4.78 is 33.1. The first-order chi connectivity index (χ1) is 18.6. The number of para-hydroxylation sites is 3. The molecule has 6 heteroatoms. The molecular formula is C32H16F2N4. The molecule has 0 fully saturated rings. The van der Waals surface area contributed by atoms with E-state index < -0.39 is 11.6 Å². The molecular weight excluding hydrogens is 478 g/mol. The zero-order valence-corrected chi connectivity index (χ0v) is 19.8. The lowest BCUT2D eigenvalue weighted by Gasteiger charge is -2.13. The lowest BCUT2D eigenvalue weighted by atomic mass is 10.1. The molecule has 0 bridgehead atoms. The van der Waals surface area contributed by atoms with Gasteiger partial charge in [0.25, 0.3) is 0 Å². The molecule has 0 aliphatic carbocycles. The van der Waals surface area contributed by atoms with E-state index in [0.29, 0.717) is 22.3 Å². The zero-order valence-electron chi connectivity index (χ0n) is 19.8. The van der Waals surface area contributed by atoms with Crippen LogP contribution in [-0.2, 0) is 0 Å². The van der Waals surface area contributed by atoms with Gasteiger partial charge in [0.05, 0.1) is 44.6 Å². The monoisotopic (exact) mass is 494 g/mol. The Hall–Kier alpha value is -5.46. The second kappa shape index (κ2) is 8.03. The van der Waals surface area contributed by atoms with E-state index in [1.54, 1.807) is 22.8 Å². The molecule has 0 spiro atoms. The predicted molar refractivity (Wildman–Crippen MR) is 144 cm³/mol. The minimum absolute atomic E-state index is 0.105. The van der Waals surface area contributed by atoms with Gasteiger partial charge in [0, 0.05) is 27.6 Å². The van der Waals surface area contributed by atoms with E-state index in [0.717, 1.165) is 50.2 Å². The van der Waals surface area contributed by atoms with Crippen molar-refractivity contribution in [2.75, 3.05) is 0 Å². The molecule has 0 aliphatic rings. The summed E-state index contributed by atoms with van der Waals surface area (Å²) >= 11 is 0. The molecule has 5 aromatic carbocycles. The first-order valence-electron chi connectivity index (χ1n) is 12.0. The number of fused-ring (bicyclic) bond motifs is 6. The lowest BCUT2D eigenvalue weighted by Crippen LogP contribution is -2.02. The van der Waals surface area contributed by atoms with E-state index in [1.807, 2.05) is 59.2 Å². The summed E-state index contributed by atoms with van der Waals surface area (Å²) in [5, 5.41) is 23.6. The van der Waals surface area contributed by atoms with Crippen LogP contribution in [0.25, 0.3) is 55.0 Å². The van der Waals surface area contributed by atoms with Crippen molar-refractivity contribution in [2.24, 2.45) is 0 Å². The van der Waals surface area contributed by atoms with Crippen LogP contribution in [0, 0.1) is 34.3 Å². The summed E-state index contributed by atoms with van der Waals surface area (Å²) in [5.41, 5.74) is 4.33. The summed E-state index contributed by atoms with van der Waals surface area (Å²) in [6.07, 6.45) is 0. The van der Waals surface area contributed by atoms with Crippen LogP contribution in [-0.4, -0.2) is 9.13 Å². The number of nitriles is 2. The first kappa shape index (κ1) is 21.8. The van der Waals surface area contributed by atoms with Gasteiger partial charge < -0.3 is 9.13 Å². The predicted octanol–water partition coefficient (Wildman–Crippen LogP) is 7.90. The molecule has 0 amide bonds. The molecule has 2 heterocycles. The smallest absolute Gasteiger partial charge is 0.147 e. The Morgan fingerprint density at radius 1 is 0.526 bits per heavy atom. The van der Waals surface area contributed by atoms with Gasteiger partial charge in [-0.15, -0.1) is 0 Å². The van der Waals surface area contributed by atoms with Crippen LogP contribution in [0.2, 0.25) is 0 Å². The molecule has 7 rings (SSSR count). The van der Waals surface area contributed by atoms with E-state index in [1.165, 1.54) is 6.07 Å². The molecule has 0 atom stereocenters. The third kappa shape index (κ3) is 2.92. The quantitative estimate of drug-likeness (QED) is 0.245. The molecule has 0 unspecified atom stereocenters. The SMILES string of the molecule is N#Cc1cccc(C#N)c1-n1c2ccccc2c2cc3c4ccccc4n(-c4cc(F)ccc4F)c3cc21. The number of aromatic nitrogens is 2. The zero-order chi connectivity index (χ0) is 26.0. The highest BCUT2D eigenvalue weighted by atomic mass is 19.1. The molecule has 0 radical (unpaired) electrons. The standard InChI is InChI=1S/C32H16F2N4/c33-21-12-13-26(34)31(14-21)37-27-10-3-1-8-22(27)24-15-25-23-9-2-4-11-28(23)38(30(25)16-29(24)37)32-19(17-35)6-5-7-20(32)18-36/h1-16H. The van der Waals surface area contributed by atoms with Gasteiger partial charge in [0.2, 0.25) is 0 Å². The highest BCUT2D eigenvalue weighted by Gasteiger charge is 2.22.